The average molecular weight is 236 g/mol. The maximum atomic E-state index is 11.4. The Morgan fingerprint density at radius 3 is 2.29 bits per heavy atom. The van der Waals surface area contributed by atoms with Crippen LogP contribution in [-0.4, -0.2) is 18.2 Å². The third-order valence-electron chi connectivity index (χ3n) is 2.74. The van der Waals surface area contributed by atoms with Crippen molar-refractivity contribution in [3.8, 4) is 0 Å². The van der Waals surface area contributed by atoms with Gasteiger partial charge in [-0.25, -0.2) is 4.79 Å². The van der Waals surface area contributed by atoms with Gasteiger partial charge in [-0.15, -0.1) is 0 Å². The van der Waals surface area contributed by atoms with E-state index in [4.69, 9.17) is 0 Å². The third kappa shape index (κ3) is 3.30. The zero-order valence-electron chi connectivity index (χ0n) is 10.9. The van der Waals surface area contributed by atoms with Crippen molar-refractivity contribution in [3.63, 3.8) is 0 Å². The SMILES string of the molecule is COC(=O)C(C)(O)c1ccc(CC(C)C)cc1. The minimum Gasteiger partial charge on any atom is -0.467 e. The lowest BCUT2D eigenvalue weighted by molar-refractivity contribution is -0.161. The highest BCUT2D eigenvalue weighted by molar-refractivity contribution is 5.80. The number of carbonyl (C=O) groups is 1. The van der Waals surface area contributed by atoms with Crippen LogP contribution < -0.4 is 0 Å². The maximum Gasteiger partial charge on any atom is 0.342 e. The molecule has 0 aliphatic carbocycles. The minimum atomic E-state index is -1.58. The van der Waals surface area contributed by atoms with Crippen LogP contribution in [0.4, 0.5) is 0 Å². The van der Waals surface area contributed by atoms with E-state index in [1.54, 1.807) is 12.1 Å². The minimum absolute atomic E-state index is 0.553. The molecule has 1 atom stereocenters. The molecular formula is C14H20O3. The number of hydrogen-bond acceptors (Lipinski definition) is 3. The number of rotatable bonds is 4. The molecule has 0 saturated heterocycles. The van der Waals surface area contributed by atoms with Crippen LogP contribution in [0.3, 0.4) is 0 Å². The molecule has 1 unspecified atom stereocenters. The van der Waals surface area contributed by atoms with Crippen LogP contribution in [0.1, 0.15) is 31.9 Å². The van der Waals surface area contributed by atoms with Crippen LogP contribution in [0.5, 0.6) is 0 Å². The van der Waals surface area contributed by atoms with Crippen molar-refractivity contribution in [2.75, 3.05) is 7.11 Å². The molecule has 0 amide bonds. The Kier molecular flexibility index (Phi) is 4.29. The van der Waals surface area contributed by atoms with Crippen LogP contribution >= 0.6 is 0 Å². The van der Waals surface area contributed by atoms with E-state index in [-0.39, 0.29) is 0 Å². The zero-order valence-corrected chi connectivity index (χ0v) is 10.9. The van der Waals surface area contributed by atoms with Gasteiger partial charge in [-0.05, 0) is 30.4 Å². The standard InChI is InChI=1S/C14H20O3/c1-10(2)9-11-5-7-12(8-6-11)14(3,16)13(15)17-4/h5-8,10,16H,9H2,1-4H3. The highest BCUT2D eigenvalue weighted by Crippen LogP contribution is 2.23. The predicted molar refractivity (Wildman–Crippen MR) is 66.6 cm³/mol. The van der Waals surface area contributed by atoms with Crippen molar-refractivity contribution in [3.05, 3.63) is 35.4 Å². The van der Waals surface area contributed by atoms with E-state index in [1.807, 2.05) is 12.1 Å². The molecule has 17 heavy (non-hydrogen) atoms. The molecule has 0 aliphatic heterocycles. The van der Waals surface area contributed by atoms with Gasteiger partial charge in [-0.3, -0.25) is 0 Å². The molecule has 1 N–H and O–H groups in total. The Bertz CT molecular complexity index is 377. The second-order valence-electron chi connectivity index (χ2n) is 4.86. The normalized spacial score (nSPS) is 14.5. The lowest BCUT2D eigenvalue weighted by atomic mass is 9.93. The zero-order chi connectivity index (χ0) is 13.1. The highest BCUT2D eigenvalue weighted by Gasteiger charge is 2.33. The largest absolute Gasteiger partial charge is 0.467 e. The molecule has 0 radical (unpaired) electrons. The highest BCUT2D eigenvalue weighted by atomic mass is 16.5. The van der Waals surface area contributed by atoms with Crippen molar-refractivity contribution in [1.29, 1.82) is 0 Å². The van der Waals surface area contributed by atoms with E-state index >= 15 is 0 Å². The average Bonchev–Trinajstić information content (AvgIpc) is 2.27. The summed E-state index contributed by atoms with van der Waals surface area (Å²) in [7, 11) is 1.27. The van der Waals surface area contributed by atoms with Gasteiger partial charge in [-0.2, -0.15) is 0 Å². The Morgan fingerprint density at radius 2 is 1.88 bits per heavy atom. The van der Waals surface area contributed by atoms with Gasteiger partial charge in [0.1, 0.15) is 0 Å². The van der Waals surface area contributed by atoms with E-state index in [0.29, 0.717) is 11.5 Å². The molecule has 0 bridgehead atoms. The van der Waals surface area contributed by atoms with Gasteiger partial charge in [0.25, 0.3) is 0 Å². The predicted octanol–water partition coefficient (Wildman–Crippen LogP) is 2.27. The van der Waals surface area contributed by atoms with Gasteiger partial charge in [0.15, 0.2) is 5.60 Å². The van der Waals surface area contributed by atoms with Gasteiger partial charge in [0.2, 0.25) is 0 Å². The number of esters is 1. The van der Waals surface area contributed by atoms with Crippen molar-refractivity contribution >= 4 is 5.97 Å². The molecule has 3 nitrogen and oxygen atoms in total. The molecule has 1 rings (SSSR count). The van der Waals surface area contributed by atoms with Crippen LogP contribution in [0.2, 0.25) is 0 Å². The molecule has 3 heteroatoms. The molecule has 0 heterocycles. The number of carbonyl (C=O) groups excluding carboxylic acids is 1. The van der Waals surface area contributed by atoms with Crippen molar-refractivity contribution in [2.45, 2.75) is 32.8 Å². The van der Waals surface area contributed by atoms with E-state index in [2.05, 4.69) is 18.6 Å². The molecule has 0 saturated carbocycles. The van der Waals surface area contributed by atoms with Gasteiger partial charge in [0, 0.05) is 0 Å². The second kappa shape index (κ2) is 5.32. The van der Waals surface area contributed by atoms with Crippen LogP contribution in [0, 0.1) is 5.92 Å². The first kappa shape index (κ1) is 13.7. The van der Waals surface area contributed by atoms with E-state index in [0.717, 1.165) is 6.42 Å². The summed E-state index contributed by atoms with van der Waals surface area (Å²) in [6, 6.07) is 7.42. The quantitative estimate of drug-likeness (QED) is 0.816. The summed E-state index contributed by atoms with van der Waals surface area (Å²) in [6.45, 7) is 5.74. The first-order chi connectivity index (χ1) is 7.87. The molecule has 0 aliphatic rings. The summed E-state index contributed by atoms with van der Waals surface area (Å²) < 4.78 is 4.58. The summed E-state index contributed by atoms with van der Waals surface area (Å²) >= 11 is 0. The van der Waals surface area contributed by atoms with Crippen molar-refractivity contribution in [2.24, 2.45) is 5.92 Å². The van der Waals surface area contributed by atoms with Crippen LogP contribution in [0.15, 0.2) is 24.3 Å². The molecule has 1 aromatic rings. The number of hydrogen-bond donors (Lipinski definition) is 1. The number of methoxy groups -OCH3 is 1. The fourth-order valence-electron chi connectivity index (χ4n) is 1.75. The van der Waals surface area contributed by atoms with Crippen molar-refractivity contribution in [1.82, 2.24) is 0 Å². The third-order valence-corrected chi connectivity index (χ3v) is 2.74. The van der Waals surface area contributed by atoms with E-state index in [9.17, 15) is 9.90 Å². The molecule has 0 spiro atoms. The maximum absolute atomic E-state index is 11.4. The molecular weight excluding hydrogens is 216 g/mol. The first-order valence-electron chi connectivity index (χ1n) is 5.78. The molecule has 0 fully saturated rings. The number of benzene rings is 1. The smallest absolute Gasteiger partial charge is 0.342 e. The second-order valence-corrected chi connectivity index (χ2v) is 4.86. The number of aliphatic hydroxyl groups is 1. The monoisotopic (exact) mass is 236 g/mol. The summed E-state index contributed by atoms with van der Waals surface area (Å²) in [5, 5.41) is 10.1. The van der Waals surface area contributed by atoms with Crippen molar-refractivity contribution < 1.29 is 14.6 Å². The van der Waals surface area contributed by atoms with Gasteiger partial charge in [0.05, 0.1) is 7.11 Å². The topological polar surface area (TPSA) is 46.5 Å². The summed E-state index contributed by atoms with van der Waals surface area (Å²) in [4.78, 5) is 11.4. The fourth-order valence-corrected chi connectivity index (χ4v) is 1.75. The molecule has 94 valence electrons. The van der Waals surface area contributed by atoms with Gasteiger partial charge in [-0.1, -0.05) is 38.1 Å². The van der Waals surface area contributed by atoms with E-state index in [1.165, 1.54) is 19.6 Å². The lowest BCUT2D eigenvalue weighted by Gasteiger charge is -2.20. The first-order valence-corrected chi connectivity index (χ1v) is 5.78. The van der Waals surface area contributed by atoms with Gasteiger partial charge >= 0.3 is 5.97 Å². The molecule has 1 aromatic carbocycles. The summed E-state index contributed by atoms with van der Waals surface area (Å²) in [5.74, 6) is -0.0592. The van der Waals surface area contributed by atoms with Crippen LogP contribution in [-0.2, 0) is 21.6 Å². The number of ether oxygens (including phenoxy) is 1. The van der Waals surface area contributed by atoms with Gasteiger partial charge < -0.3 is 9.84 Å². The summed E-state index contributed by atoms with van der Waals surface area (Å²) in [5.41, 5.74) is 0.173. The Labute approximate surface area is 102 Å². The Hall–Kier alpha value is -1.35. The lowest BCUT2D eigenvalue weighted by Crippen LogP contribution is -2.33. The van der Waals surface area contributed by atoms with Crippen LogP contribution in [0.25, 0.3) is 0 Å². The Morgan fingerprint density at radius 1 is 1.35 bits per heavy atom. The molecule has 0 aromatic heterocycles. The fraction of sp³-hybridized carbons (Fsp3) is 0.500. The summed E-state index contributed by atoms with van der Waals surface area (Å²) in [6.07, 6.45) is 0.987. The Balaban J connectivity index is 2.90. The van der Waals surface area contributed by atoms with E-state index < -0.39 is 11.6 Å².